The Bertz CT molecular complexity index is 301. The molecule has 0 aliphatic heterocycles. The second-order valence-electron chi connectivity index (χ2n) is 3.49. The number of nitrogens with two attached hydrogens (primary N) is 1. The van der Waals surface area contributed by atoms with E-state index in [4.69, 9.17) is 5.73 Å². The molecule has 0 spiro atoms. The minimum atomic E-state index is 0.473. The Labute approximate surface area is 93.2 Å². The Kier molecular flexibility index (Phi) is 4.35. The van der Waals surface area contributed by atoms with Crippen molar-refractivity contribution in [2.75, 3.05) is 18.4 Å². The van der Waals surface area contributed by atoms with Crippen LogP contribution in [0.3, 0.4) is 0 Å². The molecule has 0 saturated heterocycles. The van der Waals surface area contributed by atoms with E-state index in [0.717, 1.165) is 22.5 Å². The Hall–Kier alpha value is -0.610. The highest BCUT2D eigenvalue weighted by Gasteiger charge is 2.01. The van der Waals surface area contributed by atoms with Gasteiger partial charge in [0.25, 0.3) is 0 Å². The van der Waals surface area contributed by atoms with E-state index >= 15 is 0 Å². The molecule has 4 heteroatoms. The zero-order valence-corrected chi connectivity index (χ0v) is 10.1. The first-order valence-corrected chi connectivity index (χ1v) is 5.50. The molecule has 1 unspecified atom stereocenters. The number of hydrogen-bond acceptors (Lipinski definition) is 3. The zero-order valence-electron chi connectivity index (χ0n) is 8.55. The molecule has 0 bridgehead atoms. The first kappa shape index (κ1) is 11.5. The number of aromatic nitrogens is 1. The van der Waals surface area contributed by atoms with Crippen LogP contribution in [0.5, 0.6) is 0 Å². The lowest BCUT2D eigenvalue weighted by Gasteiger charge is -2.11. The third-order valence-corrected chi connectivity index (χ3v) is 2.89. The SMILES string of the molecule is Cc1nc(NCC(C)CN)ccc1Br. The van der Waals surface area contributed by atoms with Crippen LogP contribution in [0.25, 0.3) is 0 Å². The van der Waals surface area contributed by atoms with Gasteiger partial charge in [0.05, 0.1) is 5.69 Å². The number of halogens is 1. The van der Waals surface area contributed by atoms with Crippen LogP contribution in [0.4, 0.5) is 5.82 Å². The summed E-state index contributed by atoms with van der Waals surface area (Å²) in [6, 6.07) is 3.96. The largest absolute Gasteiger partial charge is 0.370 e. The summed E-state index contributed by atoms with van der Waals surface area (Å²) in [4.78, 5) is 4.38. The van der Waals surface area contributed by atoms with Gasteiger partial charge in [0, 0.05) is 11.0 Å². The van der Waals surface area contributed by atoms with E-state index in [1.165, 1.54) is 0 Å². The van der Waals surface area contributed by atoms with Crippen molar-refractivity contribution in [3.63, 3.8) is 0 Å². The Balaban J connectivity index is 2.55. The number of anilines is 1. The summed E-state index contributed by atoms with van der Waals surface area (Å²) in [7, 11) is 0. The molecule has 78 valence electrons. The molecule has 1 heterocycles. The average molecular weight is 258 g/mol. The number of hydrogen-bond donors (Lipinski definition) is 2. The highest BCUT2D eigenvalue weighted by atomic mass is 79.9. The van der Waals surface area contributed by atoms with Crippen LogP contribution in [-0.4, -0.2) is 18.1 Å². The number of nitrogens with zero attached hydrogens (tertiary/aromatic N) is 1. The number of aryl methyl sites for hydroxylation is 1. The van der Waals surface area contributed by atoms with Crippen molar-refractivity contribution in [3.05, 3.63) is 22.3 Å². The van der Waals surface area contributed by atoms with Crippen LogP contribution in [0.15, 0.2) is 16.6 Å². The van der Waals surface area contributed by atoms with Gasteiger partial charge in [-0.3, -0.25) is 0 Å². The Morgan fingerprint density at radius 2 is 2.29 bits per heavy atom. The monoisotopic (exact) mass is 257 g/mol. The summed E-state index contributed by atoms with van der Waals surface area (Å²) in [5.74, 6) is 1.38. The van der Waals surface area contributed by atoms with Crippen molar-refractivity contribution in [2.24, 2.45) is 11.7 Å². The molecule has 0 aliphatic rings. The summed E-state index contributed by atoms with van der Waals surface area (Å²) >= 11 is 3.41. The van der Waals surface area contributed by atoms with Crippen molar-refractivity contribution in [1.82, 2.24) is 4.98 Å². The molecular formula is C10H16BrN3. The van der Waals surface area contributed by atoms with Crippen molar-refractivity contribution >= 4 is 21.7 Å². The number of pyridine rings is 1. The maximum Gasteiger partial charge on any atom is 0.126 e. The molecule has 1 aromatic rings. The lowest BCUT2D eigenvalue weighted by Crippen LogP contribution is -2.20. The molecule has 1 rings (SSSR count). The van der Waals surface area contributed by atoms with Gasteiger partial charge >= 0.3 is 0 Å². The number of rotatable bonds is 4. The quantitative estimate of drug-likeness (QED) is 0.870. The minimum Gasteiger partial charge on any atom is -0.370 e. The highest BCUT2D eigenvalue weighted by molar-refractivity contribution is 9.10. The van der Waals surface area contributed by atoms with E-state index in [2.05, 4.69) is 33.2 Å². The van der Waals surface area contributed by atoms with Crippen LogP contribution in [0.2, 0.25) is 0 Å². The molecule has 0 aliphatic carbocycles. The van der Waals surface area contributed by atoms with E-state index in [1.807, 2.05) is 19.1 Å². The third kappa shape index (κ3) is 3.27. The summed E-state index contributed by atoms with van der Waals surface area (Å²) in [6.45, 7) is 5.65. The minimum absolute atomic E-state index is 0.473. The van der Waals surface area contributed by atoms with Gasteiger partial charge in [-0.05, 0) is 47.4 Å². The fraction of sp³-hybridized carbons (Fsp3) is 0.500. The predicted molar refractivity (Wildman–Crippen MR) is 63.4 cm³/mol. The van der Waals surface area contributed by atoms with Crippen molar-refractivity contribution < 1.29 is 0 Å². The molecular weight excluding hydrogens is 242 g/mol. The molecule has 1 aromatic heterocycles. The van der Waals surface area contributed by atoms with Gasteiger partial charge in [-0.1, -0.05) is 6.92 Å². The lowest BCUT2D eigenvalue weighted by molar-refractivity contribution is 0.627. The van der Waals surface area contributed by atoms with Gasteiger partial charge < -0.3 is 11.1 Å². The molecule has 3 N–H and O–H groups in total. The van der Waals surface area contributed by atoms with Crippen LogP contribution in [-0.2, 0) is 0 Å². The average Bonchev–Trinajstić information content (AvgIpc) is 2.19. The van der Waals surface area contributed by atoms with E-state index in [-0.39, 0.29) is 0 Å². The van der Waals surface area contributed by atoms with E-state index < -0.39 is 0 Å². The zero-order chi connectivity index (χ0) is 10.6. The van der Waals surface area contributed by atoms with Gasteiger partial charge in [0.15, 0.2) is 0 Å². The molecule has 0 aromatic carbocycles. The lowest BCUT2D eigenvalue weighted by atomic mass is 10.2. The molecule has 0 fully saturated rings. The third-order valence-electron chi connectivity index (χ3n) is 2.06. The van der Waals surface area contributed by atoms with Gasteiger partial charge in [-0.25, -0.2) is 4.98 Å². The molecule has 0 saturated carbocycles. The van der Waals surface area contributed by atoms with Gasteiger partial charge in [-0.15, -0.1) is 0 Å². The Morgan fingerprint density at radius 1 is 1.57 bits per heavy atom. The second kappa shape index (κ2) is 5.32. The van der Waals surface area contributed by atoms with E-state index in [0.29, 0.717) is 12.5 Å². The molecule has 0 radical (unpaired) electrons. The van der Waals surface area contributed by atoms with Gasteiger partial charge in [0.1, 0.15) is 5.82 Å². The highest BCUT2D eigenvalue weighted by Crippen LogP contribution is 2.16. The maximum absolute atomic E-state index is 5.52. The van der Waals surface area contributed by atoms with E-state index in [9.17, 15) is 0 Å². The molecule has 1 atom stereocenters. The molecule has 14 heavy (non-hydrogen) atoms. The fourth-order valence-electron chi connectivity index (χ4n) is 1.00. The fourth-order valence-corrected chi connectivity index (χ4v) is 1.23. The summed E-state index contributed by atoms with van der Waals surface area (Å²) < 4.78 is 1.04. The molecule has 3 nitrogen and oxygen atoms in total. The van der Waals surface area contributed by atoms with Crippen LogP contribution in [0.1, 0.15) is 12.6 Å². The predicted octanol–water partition coefficient (Wildman–Crippen LogP) is 2.16. The van der Waals surface area contributed by atoms with E-state index in [1.54, 1.807) is 0 Å². The van der Waals surface area contributed by atoms with Gasteiger partial charge in [-0.2, -0.15) is 0 Å². The first-order chi connectivity index (χ1) is 6.63. The molecule has 0 amide bonds. The smallest absolute Gasteiger partial charge is 0.126 e. The van der Waals surface area contributed by atoms with Crippen molar-refractivity contribution in [3.8, 4) is 0 Å². The standard InChI is InChI=1S/C10H16BrN3/c1-7(5-12)6-13-10-4-3-9(11)8(2)14-10/h3-4,7H,5-6,12H2,1-2H3,(H,13,14). The maximum atomic E-state index is 5.52. The van der Waals surface area contributed by atoms with Gasteiger partial charge in [0.2, 0.25) is 0 Å². The first-order valence-electron chi connectivity index (χ1n) is 4.70. The normalized spacial score (nSPS) is 12.6. The topological polar surface area (TPSA) is 50.9 Å². The van der Waals surface area contributed by atoms with Crippen molar-refractivity contribution in [2.45, 2.75) is 13.8 Å². The van der Waals surface area contributed by atoms with Crippen LogP contribution < -0.4 is 11.1 Å². The van der Waals surface area contributed by atoms with Crippen LogP contribution >= 0.6 is 15.9 Å². The summed E-state index contributed by atoms with van der Waals surface area (Å²) in [5.41, 5.74) is 6.52. The summed E-state index contributed by atoms with van der Waals surface area (Å²) in [5, 5.41) is 3.25. The second-order valence-corrected chi connectivity index (χ2v) is 4.34. The Morgan fingerprint density at radius 3 is 2.86 bits per heavy atom. The summed E-state index contributed by atoms with van der Waals surface area (Å²) in [6.07, 6.45) is 0. The number of nitrogens with one attached hydrogen (secondary N) is 1. The van der Waals surface area contributed by atoms with Crippen molar-refractivity contribution in [1.29, 1.82) is 0 Å². The van der Waals surface area contributed by atoms with Crippen LogP contribution in [0, 0.1) is 12.8 Å².